The molecule has 0 bridgehead atoms. The maximum atomic E-state index is 12.3. The van der Waals surface area contributed by atoms with E-state index in [1.807, 2.05) is 6.92 Å². The largest absolute Gasteiger partial charge is 0.496 e. The smallest absolute Gasteiger partial charge is 0.241 e. The molecule has 1 unspecified atom stereocenters. The molecule has 0 aliphatic carbocycles. The molecule has 1 aromatic rings. The molecule has 1 aromatic carbocycles. The van der Waals surface area contributed by atoms with Gasteiger partial charge < -0.3 is 9.64 Å². The van der Waals surface area contributed by atoms with Gasteiger partial charge in [-0.25, -0.2) is 8.42 Å². The van der Waals surface area contributed by atoms with Crippen LogP contribution in [0.2, 0.25) is 0 Å². The first-order valence-electron chi connectivity index (χ1n) is 6.33. The number of likely N-dealkylation sites (N-methyl/N-ethyl adjacent to an activating group) is 1. The van der Waals surface area contributed by atoms with Gasteiger partial charge in [-0.15, -0.1) is 0 Å². The molecule has 1 rings (SSSR count). The van der Waals surface area contributed by atoms with Crippen LogP contribution in [0.3, 0.4) is 0 Å². The predicted octanol–water partition coefficient (Wildman–Crippen LogP) is 1.60. The number of amides is 1. The summed E-state index contributed by atoms with van der Waals surface area (Å²) in [5, 5.41) is 0. The number of nitrogens with one attached hydrogen (secondary N) is 1. The van der Waals surface area contributed by atoms with Gasteiger partial charge in [-0.1, -0.05) is 0 Å². The SMILES string of the molecule is CCN(C)C(=O)C(C)NS(=O)(=O)c1ccc(OC)c(Br)c1. The zero-order valence-electron chi connectivity index (χ0n) is 12.4. The normalized spacial score (nSPS) is 12.8. The minimum atomic E-state index is -3.78. The van der Waals surface area contributed by atoms with E-state index >= 15 is 0 Å². The number of sulfonamides is 1. The molecule has 0 heterocycles. The van der Waals surface area contributed by atoms with E-state index in [0.717, 1.165) is 0 Å². The standard InChI is InChI=1S/C13H19BrN2O4S/c1-5-16(3)13(17)9(2)15-21(18,19)10-6-7-12(20-4)11(14)8-10/h6-9,15H,5H2,1-4H3. The Kier molecular flexibility index (Phi) is 6.18. The number of carbonyl (C=O) groups is 1. The summed E-state index contributed by atoms with van der Waals surface area (Å²) in [6, 6.07) is 3.57. The fraction of sp³-hybridized carbons (Fsp3) is 0.462. The fourth-order valence-corrected chi connectivity index (χ4v) is 3.57. The molecule has 0 fully saturated rings. The predicted molar refractivity (Wildman–Crippen MR) is 83.8 cm³/mol. The van der Waals surface area contributed by atoms with Crippen molar-refractivity contribution in [3.63, 3.8) is 0 Å². The molecule has 1 amide bonds. The van der Waals surface area contributed by atoms with Crippen LogP contribution in [0.1, 0.15) is 13.8 Å². The summed E-state index contributed by atoms with van der Waals surface area (Å²) in [5.74, 6) is 0.248. The van der Waals surface area contributed by atoms with E-state index in [0.29, 0.717) is 16.8 Å². The van der Waals surface area contributed by atoms with Gasteiger partial charge in [0.05, 0.1) is 22.5 Å². The number of benzene rings is 1. The summed E-state index contributed by atoms with van der Waals surface area (Å²) in [7, 11) is -0.661. The molecule has 0 aliphatic heterocycles. The second kappa shape index (κ2) is 7.24. The Labute approximate surface area is 133 Å². The number of rotatable bonds is 6. The van der Waals surface area contributed by atoms with Crippen molar-refractivity contribution in [2.75, 3.05) is 20.7 Å². The lowest BCUT2D eigenvalue weighted by Gasteiger charge is -2.20. The van der Waals surface area contributed by atoms with Crippen molar-refractivity contribution < 1.29 is 17.9 Å². The van der Waals surface area contributed by atoms with Crippen LogP contribution in [-0.2, 0) is 14.8 Å². The first kappa shape index (κ1) is 17.9. The monoisotopic (exact) mass is 378 g/mol. The lowest BCUT2D eigenvalue weighted by molar-refractivity contribution is -0.131. The van der Waals surface area contributed by atoms with Gasteiger partial charge in [0.15, 0.2) is 0 Å². The molecule has 0 radical (unpaired) electrons. The molecule has 0 saturated heterocycles. The van der Waals surface area contributed by atoms with E-state index in [9.17, 15) is 13.2 Å². The molecule has 8 heteroatoms. The van der Waals surface area contributed by atoms with Crippen LogP contribution < -0.4 is 9.46 Å². The average Bonchev–Trinajstić information content (AvgIpc) is 2.44. The molecule has 1 atom stereocenters. The topological polar surface area (TPSA) is 75.7 Å². The van der Waals surface area contributed by atoms with Crippen LogP contribution in [0.5, 0.6) is 5.75 Å². The number of nitrogens with zero attached hydrogens (tertiary/aromatic N) is 1. The number of ether oxygens (including phenoxy) is 1. The zero-order valence-corrected chi connectivity index (χ0v) is 14.8. The van der Waals surface area contributed by atoms with Crippen LogP contribution in [-0.4, -0.2) is 46.0 Å². The van der Waals surface area contributed by atoms with E-state index in [-0.39, 0.29) is 10.8 Å². The van der Waals surface area contributed by atoms with E-state index in [1.54, 1.807) is 13.1 Å². The lowest BCUT2D eigenvalue weighted by atomic mass is 10.3. The number of halogens is 1. The molecular weight excluding hydrogens is 360 g/mol. The molecule has 0 saturated carbocycles. The molecular formula is C13H19BrN2O4S. The van der Waals surface area contributed by atoms with E-state index in [4.69, 9.17) is 4.74 Å². The second-order valence-corrected chi connectivity index (χ2v) is 7.06. The van der Waals surface area contributed by atoms with Gasteiger partial charge in [-0.2, -0.15) is 4.72 Å². The highest BCUT2D eigenvalue weighted by Crippen LogP contribution is 2.27. The molecule has 21 heavy (non-hydrogen) atoms. The van der Waals surface area contributed by atoms with Crippen LogP contribution in [0.4, 0.5) is 0 Å². The first-order chi connectivity index (χ1) is 9.72. The van der Waals surface area contributed by atoms with Crippen LogP contribution in [0.15, 0.2) is 27.6 Å². The molecule has 0 aliphatic rings. The summed E-state index contributed by atoms with van der Waals surface area (Å²) < 4.78 is 32.5. The Hall–Kier alpha value is -1.12. The minimum absolute atomic E-state index is 0.0639. The maximum Gasteiger partial charge on any atom is 0.241 e. The van der Waals surface area contributed by atoms with Crippen LogP contribution in [0, 0.1) is 0 Å². The van der Waals surface area contributed by atoms with Crippen LogP contribution >= 0.6 is 15.9 Å². The summed E-state index contributed by atoms with van der Waals surface area (Å²) in [5.41, 5.74) is 0. The lowest BCUT2D eigenvalue weighted by Crippen LogP contribution is -2.45. The quantitative estimate of drug-likeness (QED) is 0.815. The summed E-state index contributed by atoms with van der Waals surface area (Å²) in [6.45, 7) is 3.85. The molecule has 0 aromatic heterocycles. The van der Waals surface area contributed by atoms with Crippen molar-refractivity contribution in [2.24, 2.45) is 0 Å². The summed E-state index contributed by atoms with van der Waals surface area (Å²) in [6.07, 6.45) is 0. The van der Waals surface area contributed by atoms with E-state index in [2.05, 4.69) is 20.7 Å². The number of hydrogen-bond acceptors (Lipinski definition) is 4. The fourth-order valence-electron chi connectivity index (χ4n) is 1.65. The van der Waals surface area contributed by atoms with Gasteiger partial charge in [-0.3, -0.25) is 4.79 Å². The summed E-state index contributed by atoms with van der Waals surface area (Å²) >= 11 is 3.24. The number of methoxy groups -OCH3 is 1. The van der Waals surface area contributed by atoms with Gasteiger partial charge in [-0.05, 0) is 48.0 Å². The van der Waals surface area contributed by atoms with Crippen molar-refractivity contribution in [1.29, 1.82) is 0 Å². The van der Waals surface area contributed by atoms with Gasteiger partial charge in [0.1, 0.15) is 5.75 Å². The Morgan fingerprint density at radius 3 is 2.57 bits per heavy atom. The molecule has 6 nitrogen and oxygen atoms in total. The van der Waals surface area contributed by atoms with Gasteiger partial charge in [0.25, 0.3) is 0 Å². The Morgan fingerprint density at radius 1 is 1.48 bits per heavy atom. The van der Waals surface area contributed by atoms with E-state index in [1.165, 1.54) is 31.1 Å². The van der Waals surface area contributed by atoms with Crippen LogP contribution in [0.25, 0.3) is 0 Å². The second-order valence-electron chi connectivity index (χ2n) is 4.49. The molecule has 0 spiro atoms. The highest BCUT2D eigenvalue weighted by molar-refractivity contribution is 9.10. The third kappa shape index (κ3) is 4.42. The highest BCUT2D eigenvalue weighted by atomic mass is 79.9. The molecule has 1 N–H and O–H groups in total. The molecule has 118 valence electrons. The Bertz CT molecular complexity index is 619. The van der Waals surface area contributed by atoms with Crippen molar-refractivity contribution in [3.05, 3.63) is 22.7 Å². The maximum absolute atomic E-state index is 12.3. The first-order valence-corrected chi connectivity index (χ1v) is 8.61. The third-order valence-electron chi connectivity index (χ3n) is 2.99. The van der Waals surface area contributed by atoms with Gasteiger partial charge >= 0.3 is 0 Å². The number of hydrogen-bond donors (Lipinski definition) is 1. The summed E-state index contributed by atoms with van der Waals surface area (Å²) in [4.78, 5) is 13.4. The van der Waals surface area contributed by atoms with Crippen molar-refractivity contribution in [3.8, 4) is 5.75 Å². The third-order valence-corrected chi connectivity index (χ3v) is 5.14. The van der Waals surface area contributed by atoms with E-state index < -0.39 is 16.1 Å². The van der Waals surface area contributed by atoms with Crippen molar-refractivity contribution in [1.82, 2.24) is 9.62 Å². The average molecular weight is 379 g/mol. The minimum Gasteiger partial charge on any atom is -0.496 e. The highest BCUT2D eigenvalue weighted by Gasteiger charge is 2.24. The Morgan fingerprint density at radius 2 is 2.10 bits per heavy atom. The number of carbonyl (C=O) groups excluding carboxylic acids is 1. The Balaban J connectivity index is 2.96. The van der Waals surface area contributed by atoms with Gasteiger partial charge in [0.2, 0.25) is 15.9 Å². The van der Waals surface area contributed by atoms with Crippen molar-refractivity contribution >= 4 is 31.9 Å². The zero-order chi connectivity index (χ0) is 16.2. The van der Waals surface area contributed by atoms with Crippen molar-refractivity contribution in [2.45, 2.75) is 24.8 Å². The van der Waals surface area contributed by atoms with Gasteiger partial charge in [0, 0.05) is 13.6 Å².